The summed E-state index contributed by atoms with van der Waals surface area (Å²) in [6, 6.07) is 0. The van der Waals surface area contributed by atoms with Crippen LogP contribution in [0.2, 0.25) is 0 Å². The lowest BCUT2D eigenvalue weighted by Gasteiger charge is -2.31. The van der Waals surface area contributed by atoms with E-state index in [-0.39, 0.29) is 11.9 Å². The molecular formula is C11H21NO3. The second kappa shape index (κ2) is 6.80. The van der Waals surface area contributed by atoms with Crippen LogP contribution in [0.3, 0.4) is 0 Å². The van der Waals surface area contributed by atoms with E-state index in [4.69, 9.17) is 9.47 Å². The third kappa shape index (κ3) is 4.18. The van der Waals surface area contributed by atoms with Crippen molar-refractivity contribution in [1.82, 2.24) is 4.90 Å². The second-order valence-electron chi connectivity index (χ2n) is 3.88. The number of carbonyl (C=O) groups excluding carboxylic acids is 1. The van der Waals surface area contributed by atoms with Crippen LogP contribution in [0.5, 0.6) is 0 Å². The van der Waals surface area contributed by atoms with E-state index in [1.54, 1.807) is 7.11 Å². The molecule has 0 aromatic rings. The maximum atomic E-state index is 11.5. The van der Waals surface area contributed by atoms with Gasteiger partial charge >= 0.3 is 5.97 Å². The number of rotatable bonds is 5. The van der Waals surface area contributed by atoms with Gasteiger partial charge in [0.1, 0.15) is 0 Å². The molecule has 4 nitrogen and oxygen atoms in total. The summed E-state index contributed by atoms with van der Waals surface area (Å²) in [5.74, 6) is 0.0233. The van der Waals surface area contributed by atoms with E-state index in [2.05, 4.69) is 4.90 Å². The molecule has 0 saturated carbocycles. The first-order chi connectivity index (χ1) is 7.27. The van der Waals surface area contributed by atoms with Crippen LogP contribution in [0.1, 0.15) is 19.8 Å². The van der Waals surface area contributed by atoms with Crippen LogP contribution in [0.15, 0.2) is 0 Å². The first-order valence-electron chi connectivity index (χ1n) is 5.65. The molecule has 0 bridgehead atoms. The van der Waals surface area contributed by atoms with Crippen LogP contribution in [-0.2, 0) is 14.3 Å². The van der Waals surface area contributed by atoms with Crippen molar-refractivity contribution in [1.29, 1.82) is 0 Å². The summed E-state index contributed by atoms with van der Waals surface area (Å²) < 4.78 is 10.1. The Morgan fingerprint density at radius 3 is 3.00 bits per heavy atom. The van der Waals surface area contributed by atoms with E-state index >= 15 is 0 Å². The molecule has 1 aliphatic heterocycles. The van der Waals surface area contributed by atoms with Gasteiger partial charge in [-0.2, -0.15) is 0 Å². The molecule has 15 heavy (non-hydrogen) atoms. The summed E-state index contributed by atoms with van der Waals surface area (Å²) in [5.41, 5.74) is 0. The van der Waals surface area contributed by atoms with Gasteiger partial charge in [-0.05, 0) is 26.3 Å². The number of hydrogen-bond donors (Lipinski definition) is 0. The van der Waals surface area contributed by atoms with Gasteiger partial charge in [0.15, 0.2) is 0 Å². The fourth-order valence-electron chi connectivity index (χ4n) is 1.93. The fraction of sp³-hybridized carbons (Fsp3) is 0.909. The molecule has 0 aromatic carbocycles. The highest BCUT2D eigenvalue weighted by Crippen LogP contribution is 2.17. The van der Waals surface area contributed by atoms with Crippen molar-refractivity contribution in [3.63, 3.8) is 0 Å². The third-order valence-corrected chi connectivity index (χ3v) is 2.74. The lowest BCUT2D eigenvalue weighted by molar-refractivity contribution is -0.150. The Labute approximate surface area is 91.5 Å². The van der Waals surface area contributed by atoms with Gasteiger partial charge in [0.05, 0.1) is 19.1 Å². The minimum absolute atomic E-state index is 0.0420. The molecule has 1 heterocycles. The number of nitrogens with zero attached hydrogens (tertiary/aromatic N) is 1. The molecule has 0 aromatic heterocycles. The zero-order valence-electron chi connectivity index (χ0n) is 9.70. The highest BCUT2D eigenvalue weighted by atomic mass is 16.5. The zero-order valence-corrected chi connectivity index (χ0v) is 9.70. The Hall–Kier alpha value is -0.610. The number of piperidine rings is 1. The van der Waals surface area contributed by atoms with Crippen LogP contribution in [0, 0.1) is 5.92 Å². The molecule has 1 fully saturated rings. The first-order valence-corrected chi connectivity index (χ1v) is 5.65. The standard InChI is InChI=1S/C11H21NO3/c1-3-15-11(13)10-5-4-6-12(9-10)7-8-14-2/h10H,3-9H2,1-2H3/t10-/m0/s1. The molecule has 0 unspecified atom stereocenters. The van der Waals surface area contributed by atoms with E-state index in [1.807, 2.05) is 6.92 Å². The third-order valence-electron chi connectivity index (χ3n) is 2.74. The predicted octanol–water partition coefficient (Wildman–Crippen LogP) is 0.908. The molecule has 1 aliphatic rings. The first kappa shape index (κ1) is 12.5. The lowest BCUT2D eigenvalue weighted by Crippen LogP contribution is -2.40. The summed E-state index contributed by atoms with van der Waals surface area (Å²) >= 11 is 0. The van der Waals surface area contributed by atoms with Gasteiger partial charge in [-0.1, -0.05) is 0 Å². The molecule has 88 valence electrons. The second-order valence-corrected chi connectivity index (χ2v) is 3.88. The molecule has 0 N–H and O–H groups in total. The molecule has 4 heteroatoms. The van der Waals surface area contributed by atoms with Gasteiger partial charge in [0, 0.05) is 20.2 Å². The van der Waals surface area contributed by atoms with Crippen LogP contribution in [0.4, 0.5) is 0 Å². The number of esters is 1. The minimum atomic E-state index is -0.0420. The summed E-state index contributed by atoms with van der Waals surface area (Å²) in [5, 5.41) is 0. The summed E-state index contributed by atoms with van der Waals surface area (Å²) in [6.07, 6.45) is 2.04. The number of likely N-dealkylation sites (tertiary alicyclic amines) is 1. The van der Waals surface area contributed by atoms with E-state index in [0.717, 1.165) is 39.1 Å². The number of ether oxygens (including phenoxy) is 2. The summed E-state index contributed by atoms with van der Waals surface area (Å²) in [4.78, 5) is 13.8. The monoisotopic (exact) mass is 215 g/mol. The van der Waals surface area contributed by atoms with E-state index in [9.17, 15) is 4.79 Å². The van der Waals surface area contributed by atoms with Gasteiger partial charge in [0.25, 0.3) is 0 Å². The maximum absolute atomic E-state index is 11.5. The molecule has 0 radical (unpaired) electrons. The van der Waals surface area contributed by atoms with Crippen molar-refractivity contribution in [2.24, 2.45) is 5.92 Å². The zero-order chi connectivity index (χ0) is 11.1. The summed E-state index contributed by atoms with van der Waals surface area (Å²) in [6.45, 7) is 5.86. The van der Waals surface area contributed by atoms with Gasteiger partial charge < -0.3 is 14.4 Å². The predicted molar refractivity (Wildman–Crippen MR) is 57.7 cm³/mol. The van der Waals surface area contributed by atoms with E-state index < -0.39 is 0 Å². The van der Waals surface area contributed by atoms with Crippen LogP contribution in [-0.4, -0.2) is 50.8 Å². The molecular weight excluding hydrogens is 194 g/mol. The minimum Gasteiger partial charge on any atom is -0.466 e. The number of hydrogen-bond acceptors (Lipinski definition) is 4. The molecule has 1 saturated heterocycles. The molecule has 1 rings (SSSR count). The smallest absolute Gasteiger partial charge is 0.310 e. The highest BCUT2D eigenvalue weighted by Gasteiger charge is 2.26. The van der Waals surface area contributed by atoms with Crippen molar-refractivity contribution in [2.45, 2.75) is 19.8 Å². The Bertz CT molecular complexity index is 196. The van der Waals surface area contributed by atoms with Gasteiger partial charge in [-0.25, -0.2) is 0 Å². The van der Waals surface area contributed by atoms with E-state index in [1.165, 1.54) is 0 Å². The quantitative estimate of drug-likeness (QED) is 0.639. The molecule has 0 aliphatic carbocycles. The summed E-state index contributed by atoms with van der Waals surface area (Å²) in [7, 11) is 1.70. The fourth-order valence-corrected chi connectivity index (χ4v) is 1.93. The SMILES string of the molecule is CCOC(=O)[C@H]1CCCN(CCOC)C1. The van der Waals surface area contributed by atoms with Crippen LogP contribution in [0.25, 0.3) is 0 Å². The topological polar surface area (TPSA) is 38.8 Å². The average molecular weight is 215 g/mol. The maximum Gasteiger partial charge on any atom is 0.310 e. The van der Waals surface area contributed by atoms with Crippen molar-refractivity contribution < 1.29 is 14.3 Å². The normalized spacial score (nSPS) is 22.7. The Morgan fingerprint density at radius 2 is 2.33 bits per heavy atom. The van der Waals surface area contributed by atoms with Gasteiger partial charge in [-0.3, -0.25) is 4.79 Å². The number of carbonyl (C=O) groups is 1. The van der Waals surface area contributed by atoms with Crippen molar-refractivity contribution >= 4 is 5.97 Å². The van der Waals surface area contributed by atoms with Crippen LogP contribution < -0.4 is 0 Å². The highest BCUT2D eigenvalue weighted by molar-refractivity contribution is 5.72. The molecule has 1 atom stereocenters. The van der Waals surface area contributed by atoms with E-state index in [0.29, 0.717) is 6.61 Å². The van der Waals surface area contributed by atoms with Crippen molar-refractivity contribution in [3.8, 4) is 0 Å². The van der Waals surface area contributed by atoms with Gasteiger partial charge in [0.2, 0.25) is 0 Å². The van der Waals surface area contributed by atoms with Gasteiger partial charge in [-0.15, -0.1) is 0 Å². The van der Waals surface area contributed by atoms with Crippen LogP contribution >= 0.6 is 0 Å². The number of methoxy groups -OCH3 is 1. The largest absolute Gasteiger partial charge is 0.466 e. The van der Waals surface area contributed by atoms with Crippen molar-refractivity contribution in [2.75, 3.05) is 40.0 Å². The molecule has 0 spiro atoms. The Morgan fingerprint density at radius 1 is 1.53 bits per heavy atom. The van der Waals surface area contributed by atoms with Crippen molar-refractivity contribution in [3.05, 3.63) is 0 Å². The Balaban J connectivity index is 2.31. The average Bonchev–Trinajstić information content (AvgIpc) is 2.27. The molecule has 0 amide bonds. The Kier molecular flexibility index (Phi) is 5.65. The lowest BCUT2D eigenvalue weighted by atomic mass is 9.98.